The maximum atomic E-state index is 3.61. The maximum Gasteiger partial charge on any atom is 0.0143 e. The summed E-state index contributed by atoms with van der Waals surface area (Å²) in [5, 5.41) is 0. The van der Waals surface area contributed by atoms with E-state index in [1.54, 1.807) is 0 Å². The molecule has 56 valence electrons. The van der Waals surface area contributed by atoms with Crippen molar-refractivity contribution in [2.45, 2.75) is 50.8 Å². The zero-order chi connectivity index (χ0) is 7.11. The second kappa shape index (κ2) is 6.60. The molecule has 0 unspecified atom stereocenters. The lowest BCUT2D eigenvalue weighted by Gasteiger charge is -2.03. The number of hydrogen-bond acceptors (Lipinski definition) is 0. The van der Waals surface area contributed by atoms with Gasteiger partial charge in [0.15, 0.2) is 0 Å². The van der Waals surface area contributed by atoms with E-state index >= 15 is 0 Å². The Labute approximate surface area is 67.2 Å². The molecule has 0 aliphatic rings. The van der Waals surface area contributed by atoms with Gasteiger partial charge in [-0.3, -0.25) is 0 Å². The Morgan fingerprint density at radius 3 is 2.33 bits per heavy atom. The highest BCUT2D eigenvalue weighted by Gasteiger charge is 1.97. The van der Waals surface area contributed by atoms with Crippen LogP contribution in [-0.4, -0.2) is 4.83 Å². The van der Waals surface area contributed by atoms with E-state index < -0.39 is 0 Å². The summed E-state index contributed by atoms with van der Waals surface area (Å²) >= 11 is 3.61. The van der Waals surface area contributed by atoms with E-state index in [-0.39, 0.29) is 0 Å². The molecule has 0 aromatic heterocycles. The van der Waals surface area contributed by atoms with Crippen LogP contribution in [-0.2, 0) is 0 Å². The van der Waals surface area contributed by atoms with Crippen LogP contribution in [0.2, 0.25) is 0 Å². The third kappa shape index (κ3) is 6.36. The monoisotopic (exact) mass is 192 g/mol. The molecule has 0 aromatic rings. The van der Waals surface area contributed by atoms with Gasteiger partial charge >= 0.3 is 0 Å². The largest absolute Gasteiger partial charge is 0.0891 e. The molecule has 0 saturated heterocycles. The Morgan fingerprint density at radius 1 is 1.22 bits per heavy atom. The van der Waals surface area contributed by atoms with Crippen LogP contribution in [0.3, 0.4) is 0 Å². The van der Waals surface area contributed by atoms with Crippen LogP contribution in [0.1, 0.15) is 46.0 Å². The summed E-state index contributed by atoms with van der Waals surface area (Å²) in [6.07, 6.45) is 6.74. The van der Waals surface area contributed by atoms with Crippen molar-refractivity contribution < 1.29 is 0 Å². The van der Waals surface area contributed by atoms with E-state index in [4.69, 9.17) is 0 Å². The highest BCUT2D eigenvalue weighted by molar-refractivity contribution is 9.09. The highest BCUT2D eigenvalue weighted by Crippen LogP contribution is 2.13. The molecule has 0 radical (unpaired) electrons. The molecular weight excluding hydrogens is 176 g/mol. The first kappa shape index (κ1) is 9.48. The van der Waals surface area contributed by atoms with Crippen LogP contribution in [0, 0.1) is 0 Å². The van der Waals surface area contributed by atoms with Gasteiger partial charge in [0.05, 0.1) is 0 Å². The quantitative estimate of drug-likeness (QED) is 0.460. The third-order valence-electron chi connectivity index (χ3n) is 1.56. The zero-order valence-corrected chi connectivity index (χ0v) is 8.08. The summed E-state index contributed by atoms with van der Waals surface area (Å²) in [6, 6.07) is 0. The van der Waals surface area contributed by atoms with Crippen molar-refractivity contribution >= 4 is 15.9 Å². The van der Waals surface area contributed by atoms with E-state index in [0.29, 0.717) is 0 Å². The van der Waals surface area contributed by atoms with Gasteiger partial charge in [0.25, 0.3) is 0 Å². The predicted octanol–water partition coefficient (Wildman–Crippen LogP) is 3.74. The van der Waals surface area contributed by atoms with Crippen molar-refractivity contribution in [2.24, 2.45) is 0 Å². The van der Waals surface area contributed by atoms with Gasteiger partial charge in [-0.25, -0.2) is 0 Å². The number of rotatable bonds is 5. The minimum Gasteiger partial charge on any atom is -0.0891 e. The van der Waals surface area contributed by atoms with Gasteiger partial charge in [-0.2, -0.15) is 0 Å². The molecule has 0 heterocycles. The topological polar surface area (TPSA) is 0 Å². The molecule has 9 heavy (non-hydrogen) atoms. The molecule has 0 bridgehead atoms. The number of unbranched alkanes of at least 4 members (excludes halogenated alkanes) is 2. The fourth-order valence-corrected chi connectivity index (χ4v) is 1.14. The Balaban J connectivity index is 2.88. The van der Waals surface area contributed by atoms with Crippen molar-refractivity contribution in [3.63, 3.8) is 0 Å². The molecule has 0 spiro atoms. The second-order valence-corrected chi connectivity index (χ2v) is 3.80. The summed E-state index contributed by atoms with van der Waals surface area (Å²) in [4.78, 5) is 0.768. The van der Waals surface area contributed by atoms with Gasteiger partial charge in [-0.1, -0.05) is 49.0 Å². The van der Waals surface area contributed by atoms with E-state index in [1.165, 1.54) is 32.1 Å². The van der Waals surface area contributed by atoms with Crippen LogP contribution in [0.15, 0.2) is 0 Å². The molecule has 0 N–H and O–H groups in total. The molecule has 0 fully saturated rings. The molecule has 0 aliphatic heterocycles. The molecule has 1 heteroatoms. The Morgan fingerprint density at radius 2 is 1.89 bits per heavy atom. The van der Waals surface area contributed by atoms with Gasteiger partial charge in [0.2, 0.25) is 0 Å². The lowest BCUT2D eigenvalue weighted by atomic mass is 10.1. The number of alkyl halides is 1. The lowest BCUT2D eigenvalue weighted by Crippen LogP contribution is -1.93. The predicted molar refractivity (Wildman–Crippen MR) is 47.1 cm³/mol. The standard InChI is InChI=1S/C8H17Br/c1-3-5-6-7-8(9)4-2/h8H,3-7H2,1-2H3/t8-/m0/s1. The molecule has 0 saturated carbocycles. The first-order valence-electron chi connectivity index (χ1n) is 3.95. The SMILES string of the molecule is CCCCC[C@@H](Br)CC. The normalized spacial score (nSPS) is 13.7. The van der Waals surface area contributed by atoms with Crippen molar-refractivity contribution in [3.05, 3.63) is 0 Å². The molecule has 0 amide bonds. The summed E-state index contributed by atoms with van der Waals surface area (Å²) in [5.41, 5.74) is 0. The third-order valence-corrected chi connectivity index (χ3v) is 2.67. The van der Waals surface area contributed by atoms with Crippen LogP contribution in [0.4, 0.5) is 0 Å². The lowest BCUT2D eigenvalue weighted by molar-refractivity contribution is 0.641. The van der Waals surface area contributed by atoms with Crippen molar-refractivity contribution in [1.82, 2.24) is 0 Å². The van der Waals surface area contributed by atoms with Crippen LogP contribution < -0.4 is 0 Å². The summed E-state index contributed by atoms with van der Waals surface area (Å²) in [7, 11) is 0. The minimum absolute atomic E-state index is 0.768. The Bertz CT molecular complexity index is 52.5. The van der Waals surface area contributed by atoms with Gasteiger partial charge < -0.3 is 0 Å². The second-order valence-electron chi connectivity index (χ2n) is 2.50. The van der Waals surface area contributed by atoms with Gasteiger partial charge in [-0.05, 0) is 12.8 Å². The Kier molecular flexibility index (Phi) is 6.95. The van der Waals surface area contributed by atoms with E-state index in [9.17, 15) is 0 Å². The maximum absolute atomic E-state index is 3.61. The highest BCUT2D eigenvalue weighted by atomic mass is 79.9. The molecule has 0 aromatic carbocycles. The summed E-state index contributed by atoms with van der Waals surface area (Å²) in [6.45, 7) is 4.47. The molecule has 0 rings (SSSR count). The van der Waals surface area contributed by atoms with Gasteiger partial charge in [0.1, 0.15) is 0 Å². The minimum atomic E-state index is 0.768. The first-order chi connectivity index (χ1) is 4.31. The van der Waals surface area contributed by atoms with E-state index in [1.807, 2.05) is 0 Å². The molecular formula is C8H17Br. The van der Waals surface area contributed by atoms with Crippen molar-refractivity contribution in [3.8, 4) is 0 Å². The van der Waals surface area contributed by atoms with Crippen molar-refractivity contribution in [2.75, 3.05) is 0 Å². The van der Waals surface area contributed by atoms with Crippen molar-refractivity contribution in [1.29, 1.82) is 0 Å². The van der Waals surface area contributed by atoms with Crippen LogP contribution >= 0.6 is 15.9 Å². The average molecular weight is 193 g/mol. The molecule has 0 nitrogen and oxygen atoms in total. The van der Waals surface area contributed by atoms with Crippen LogP contribution in [0.5, 0.6) is 0 Å². The Hall–Kier alpha value is 0.480. The summed E-state index contributed by atoms with van der Waals surface area (Å²) in [5.74, 6) is 0. The summed E-state index contributed by atoms with van der Waals surface area (Å²) < 4.78 is 0. The van der Waals surface area contributed by atoms with Crippen LogP contribution in [0.25, 0.3) is 0 Å². The smallest absolute Gasteiger partial charge is 0.0143 e. The fraction of sp³-hybridized carbons (Fsp3) is 1.00. The molecule has 1 atom stereocenters. The number of halogens is 1. The van der Waals surface area contributed by atoms with Gasteiger partial charge in [-0.15, -0.1) is 0 Å². The van der Waals surface area contributed by atoms with E-state index in [0.717, 1.165) is 4.83 Å². The molecule has 0 aliphatic carbocycles. The number of hydrogen-bond donors (Lipinski definition) is 0. The average Bonchev–Trinajstić information content (AvgIpc) is 1.89. The van der Waals surface area contributed by atoms with E-state index in [2.05, 4.69) is 29.8 Å². The van der Waals surface area contributed by atoms with Gasteiger partial charge in [0, 0.05) is 4.83 Å². The first-order valence-corrected chi connectivity index (χ1v) is 4.86. The zero-order valence-electron chi connectivity index (χ0n) is 6.49. The fourth-order valence-electron chi connectivity index (χ4n) is 0.820.